The number of hydrogen-bond acceptors (Lipinski definition) is 3. The minimum absolute atomic E-state index is 0.140. The van der Waals surface area contributed by atoms with Gasteiger partial charge in [0.2, 0.25) is 10.0 Å². The van der Waals surface area contributed by atoms with Crippen molar-refractivity contribution in [3.63, 3.8) is 0 Å². The summed E-state index contributed by atoms with van der Waals surface area (Å²) in [6.07, 6.45) is 1.80. The first kappa shape index (κ1) is 16.7. The molecule has 1 aromatic carbocycles. The molecule has 1 aliphatic rings. The number of rotatable bonds is 2. The monoisotopic (exact) mass is 394 g/mol. The number of likely N-dealkylation sites (tertiary alicyclic amines) is 1. The lowest BCUT2D eigenvalue weighted by atomic mass is 10.0. The van der Waals surface area contributed by atoms with Gasteiger partial charge in [0.15, 0.2) is 0 Å². The van der Waals surface area contributed by atoms with Crippen molar-refractivity contribution in [3.05, 3.63) is 27.2 Å². The van der Waals surface area contributed by atoms with Crippen molar-refractivity contribution >= 4 is 43.5 Å². The van der Waals surface area contributed by atoms with E-state index in [1.807, 2.05) is 13.8 Å². The molecule has 1 aromatic rings. The highest BCUT2D eigenvalue weighted by atomic mass is 79.9. The molecule has 0 radical (unpaired) electrons. The van der Waals surface area contributed by atoms with Crippen LogP contribution in [0.2, 0.25) is 5.02 Å². The normalized spacial score (nSPS) is 18.0. The molecule has 116 valence electrons. The number of carbonyl (C=O) groups is 1. The highest BCUT2D eigenvalue weighted by Gasteiger charge is 2.37. The minimum atomic E-state index is -3.91. The number of nitrogens with zero attached hydrogens (tertiary/aromatic N) is 1. The van der Waals surface area contributed by atoms with Crippen LogP contribution < -0.4 is 5.14 Å². The average molecular weight is 396 g/mol. The van der Waals surface area contributed by atoms with Crippen LogP contribution in [0.25, 0.3) is 0 Å². The average Bonchev–Trinajstić information content (AvgIpc) is 2.70. The van der Waals surface area contributed by atoms with E-state index in [2.05, 4.69) is 15.9 Å². The van der Waals surface area contributed by atoms with Crippen molar-refractivity contribution in [2.24, 2.45) is 5.14 Å². The summed E-state index contributed by atoms with van der Waals surface area (Å²) >= 11 is 9.32. The van der Waals surface area contributed by atoms with E-state index in [0.29, 0.717) is 11.0 Å². The first-order valence-electron chi connectivity index (χ1n) is 6.38. The van der Waals surface area contributed by atoms with Gasteiger partial charge in [-0.3, -0.25) is 4.79 Å². The summed E-state index contributed by atoms with van der Waals surface area (Å²) in [5.41, 5.74) is -0.130. The maximum absolute atomic E-state index is 12.7. The molecule has 1 fully saturated rings. The largest absolute Gasteiger partial charge is 0.333 e. The fourth-order valence-corrected chi connectivity index (χ4v) is 3.88. The summed E-state index contributed by atoms with van der Waals surface area (Å²) in [6.45, 7) is 4.58. The molecule has 21 heavy (non-hydrogen) atoms. The zero-order valence-corrected chi connectivity index (χ0v) is 14.8. The second-order valence-corrected chi connectivity index (χ2v) is 8.48. The van der Waals surface area contributed by atoms with Gasteiger partial charge in [-0.25, -0.2) is 13.6 Å². The third kappa shape index (κ3) is 3.26. The lowest BCUT2D eigenvalue weighted by Crippen LogP contribution is -2.42. The molecule has 1 amide bonds. The molecule has 0 unspecified atom stereocenters. The van der Waals surface area contributed by atoms with Crippen LogP contribution in [0.4, 0.5) is 0 Å². The Morgan fingerprint density at radius 1 is 1.43 bits per heavy atom. The number of hydrogen-bond donors (Lipinski definition) is 1. The summed E-state index contributed by atoms with van der Waals surface area (Å²) in [7, 11) is -3.91. The molecule has 0 bridgehead atoms. The highest BCUT2D eigenvalue weighted by molar-refractivity contribution is 9.10. The van der Waals surface area contributed by atoms with Crippen LogP contribution in [0.1, 0.15) is 37.0 Å². The van der Waals surface area contributed by atoms with Gasteiger partial charge in [0.1, 0.15) is 0 Å². The number of nitrogens with two attached hydrogens (primary N) is 1. The predicted molar refractivity (Wildman–Crippen MR) is 84.9 cm³/mol. The number of halogens is 2. The van der Waals surface area contributed by atoms with E-state index in [9.17, 15) is 13.2 Å². The molecule has 2 rings (SSSR count). The topological polar surface area (TPSA) is 80.5 Å². The fraction of sp³-hybridized carbons (Fsp3) is 0.462. The summed E-state index contributed by atoms with van der Waals surface area (Å²) in [5.74, 6) is -0.284. The summed E-state index contributed by atoms with van der Waals surface area (Å²) in [5, 5.41) is 5.32. The molecule has 1 aliphatic heterocycles. The Balaban J connectivity index is 2.53. The first-order chi connectivity index (χ1) is 9.54. The van der Waals surface area contributed by atoms with Gasteiger partial charge >= 0.3 is 0 Å². The smallest absolute Gasteiger partial charge is 0.255 e. The van der Waals surface area contributed by atoms with E-state index in [1.54, 1.807) is 4.90 Å². The Hall–Kier alpha value is -0.630. The standard InChI is InChI=1S/C13H16BrClN2O3S/c1-13(2)4-3-5-17(13)12(18)9-6-8(21(16,19)20)7-10(14)11(9)15/h6-7H,3-5H2,1-2H3,(H2,16,19,20). The van der Waals surface area contributed by atoms with Crippen molar-refractivity contribution in [1.29, 1.82) is 0 Å². The van der Waals surface area contributed by atoms with E-state index >= 15 is 0 Å². The molecule has 2 N–H and O–H groups in total. The lowest BCUT2D eigenvalue weighted by molar-refractivity contribution is 0.0652. The Bertz CT molecular complexity index is 704. The van der Waals surface area contributed by atoms with E-state index in [-0.39, 0.29) is 26.9 Å². The van der Waals surface area contributed by atoms with Gasteiger partial charge in [0.25, 0.3) is 5.91 Å². The quantitative estimate of drug-likeness (QED) is 0.836. The molecule has 0 aromatic heterocycles. The summed E-state index contributed by atoms with van der Waals surface area (Å²) < 4.78 is 23.3. The van der Waals surface area contributed by atoms with E-state index in [1.165, 1.54) is 12.1 Å². The van der Waals surface area contributed by atoms with Gasteiger partial charge in [-0.1, -0.05) is 11.6 Å². The molecule has 0 saturated carbocycles. The van der Waals surface area contributed by atoms with Crippen LogP contribution in [0, 0.1) is 0 Å². The van der Waals surface area contributed by atoms with Crippen LogP contribution >= 0.6 is 27.5 Å². The summed E-state index contributed by atoms with van der Waals surface area (Å²) in [4.78, 5) is 14.3. The number of amides is 1. The van der Waals surface area contributed by atoms with Crippen molar-refractivity contribution < 1.29 is 13.2 Å². The van der Waals surface area contributed by atoms with Crippen LogP contribution in [-0.4, -0.2) is 31.3 Å². The van der Waals surface area contributed by atoms with Crippen LogP contribution in [-0.2, 0) is 10.0 Å². The molecule has 1 saturated heterocycles. The molecule has 0 atom stereocenters. The third-order valence-electron chi connectivity index (χ3n) is 3.71. The Morgan fingerprint density at radius 2 is 2.05 bits per heavy atom. The van der Waals surface area contributed by atoms with Gasteiger partial charge in [-0.05, 0) is 54.8 Å². The molecular weight excluding hydrogens is 380 g/mol. The lowest BCUT2D eigenvalue weighted by Gasteiger charge is -2.32. The van der Waals surface area contributed by atoms with Crippen LogP contribution in [0.5, 0.6) is 0 Å². The number of primary sulfonamides is 1. The number of sulfonamides is 1. The molecule has 0 spiro atoms. The van der Waals surface area contributed by atoms with E-state index in [4.69, 9.17) is 16.7 Å². The number of benzene rings is 1. The van der Waals surface area contributed by atoms with Crippen molar-refractivity contribution in [2.75, 3.05) is 6.54 Å². The third-order valence-corrected chi connectivity index (χ3v) is 5.86. The van der Waals surface area contributed by atoms with Crippen molar-refractivity contribution in [1.82, 2.24) is 4.90 Å². The maximum Gasteiger partial charge on any atom is 0.255 e. The summed E-state index contributed by atoms with van der Waals surface area (Å²) in [6, 6.07) is 2.53. The van der Waals surface area contributed by atoms with Gasteiger partial charge in [-0.2, -0.15) is 0 Å². The molecular formula is C13H16BrClN2O3S. The fourth-order valence-electron chi connectivity index (χ4n) is 2.51. The molecule has 1 heterocycles. The molecule has 0 aliphatic carbocycles. The molecule has 8 heteroatoms. The van der Waals surface area contributed by atoms with Crippen molar-refractivity contribution in [3.8, 4) is 0 Å². The SMILES string of the molecule is CC1(C)CCCN1C(=O)c1cc(S(N)(=O)=O)cc(Br)c1Cl. The van der Waals surface area contributed by atoms with Gasteiger partial charge in [0, 0.05) is 16.6 Å². The Labute approximate surface area is 137 Å². The second-order valence-electron chi connectivity index (χ2n) is 5.68. The Kier molecular flexibility index (Phi) is 4.41. The van der Waals surface area contributed by atoms with Crippen LogP contribution in [0.15, 0.2) is 21.5 Å². The molecule has 5 nitrogen and oxygen atoms in total. The zero-order valence-electron chi connectivity index (χ0n) is 11.7. The minimum Gasteiger partial charge on any atom is -0.333 e. The first-order valence-corrected chi connectivity index (χ1v) is 9.09. The van der Waals surface area contributed by atoms with Crippen LogP contribution in [0.3, 0.4) is 0 Å². The van der Waals surface area contributed by atoms with Gasteiger partial charge < -0.3 is 4.90 Å². The predicted octanol–water partition coefficient (Wildman–Crippen LogP) is 2.76. The van der Waals surface area contributed by atoms with Gasteiger partial charge in [-0.15, -0.1) is 0 Å². The van der Waals surface area contributed by atoms with Gasteiger partial charge in [0.05, 0.1) is 15.5 Å². The maximum atomic E-state index is 12.7. The zero-order chi connectivity index (χ0) is 16.0. The van der Waals surface area contributed by atoms with E-state index in [0.717, 1.165) is 12.8 Å². The highest BCUT2D eigenvalue weighted by Crippen LogP contribution is 2.34. The Morgan fingerprint density at radius 3 is 2.52 bits per heavy atom. The van der Waals surface area contributed by atoms with Crippen molar-refractivity contribution in [2.45, 2.75) is 37.1 Å². The van der Waals surface area contributed by atoms with E-state index < -0.39 is 10.0 Å². The number of carbonyl (C=O) groups excluding carboxylic acids is 1. The second kappa shape index (κ2) is 5.53.